The van der Waals surface area contributed by atoms with Gasteiger partial charge in [-0.1, -0.05) is 24.3 Å². The molecule has 0 unspecified atom stereocenters. The highest BCUT2D eigenvalue weighted by Gasteiger charge is 2.22. The van der Waals surface area contributed by atoms with Gasteiger partial charge >= 0.3 is 0 Å². The molecule has 0 saturated heterocycles. The molecule has 1 heterocycles. The van der Waals surface area contributed by atoms with Crippen LogP contribution in [-0.4, -0.2) is 17.2 Å². The van der Waals surface area contributed by atoms with Gasteiger partial charge in [0.05, 0.1) is 12.1 Å². The Morgan fingerprint density at radius 2 is 1.70 bits per heavy atom. The van der Waals surface area contributed by atoms with Crippen molar-refractivity contribution in [2.75, 3.05) is 6.54 Å². The minimum atomic E-state index is -0.673. The molecule has 0 fully saturated rings. The molecule has 0 atom stereocenters. The van der Waals surface area contributed by atoms with Gasteiger partial charge in [0.2, 0.25) is 0 Å². The van der Waals surface area contributed by atoms with Crippen LogP contribution >= 0.6 is 0 Å². The van der Waals surface area contributed by atoms with Gasteiger partial charge in [-0.15, -0.1) is 0 Å². The lowest BCUT2D eigenvalue weighted by Crippen LogP contribution is -2.25. The van der Waals surface area contributed by atoms with Gasteiger partial charge in [-0.2, -0.15) is 0 Å². The minimum Gasteiger partial charge on any atom is -0.293 e. The molecular weight excluding hydrogens is 260 g/mol. The maximum Gasteiger partial charge on any atom is 0.179 e. The van der Waals surface area contributed by atoms with Crippen LogP contribution in [0.3, 0.4) is 0 Å². The van der Waals surface area contributed by atoms with Crippen molar-refractivity contribution in [1.29, 1.82) is 0 Å². The summed E-state index contributed by atoms with van der Waals surface area (Å²) in [7, 11) is 0. The van der Waals surface area contributed by atoms with Crippen molar-refractivity contribution in [3.8, 4) is 0 Å². The third-order valence-electron chi connectivity index (χ3n) is 3.50. The Morgan fingerprint density at radius 3 is 2.35 bits per heavy atom. The Kier molecular flexibility index (Phi) is 3.32. The fourth-order valence-corrected chi connectivity index (χ4v) is 2.51. The normalized spacial score (nSPS) is 14.3. The van der Waals surface area contributed by atoms with Gasteiger partial charge in [0, 0.05) is 13.1 Å². The first kappa shape index (κ1) is 12.9. The van der Waals surface area contributed by atoms with Gasteiger partial charge < -0.3 is 0 Å². The zero-order valence-corrected chi connectivity index (χ0v) is 10.8. The van der Waals surface area contributed by atoms with Gasteiger partial charge in [0.25, 0.3) is 0 Å². The zero-order chi connectivity index (χ0) is 14.1. The lowest BCUT2D eigenvalue weighted by Gasteiger charge is -2.13. The van der Waals surface area contributed by atoms with Crippen molar-refractivity contribution in [3.05, 3.63) is 70.8 Å². The van der Waals surface area contributed by atoms with Gasteiger partial charge in [-0.3, -0.25) is 9.69 Å². The Bertz CT molecular complexity index is 644. The van der Waals surface area contributed by atoms with Crippen LogP contribution in [0.15, 0.2) is 42.5 Å². The summed E-state index contributed by atoms with van der Waals surface area (Å²) in [6.45, 7) is 1.42. The topological polar surface area (TPSA) is 20.3 Å². The standard InChI is InChI=1S/C16H13F2NO/c17-13-5-6-15(18)14(7-13)16(20)10-19-8-11-3-1-2-4-12(11)9-19/h1-7H,8-10H2. The van der Waals surface area contributed by atoms with Crippen molar-refractivity contribution in [2.45, 2.75) is 13.1 Å². The average Bonchev–Trinajstić information content (AvgIpc) is 2.83. The fourth-order valence-electron chi connectivity index (χ4n) is 2.51. The van der Waals surface area contributed by atoms with Crippen molar-refractivity contribution < 1.29 is 13.6 Å². The highest BCUT2D eigenvalue weighted by Crippen LogP contribution is 2.22. The van der Waals surface area contributed by atoms with E-state index in [1.165, 1.54) is 11.1 Å². The molecule has 0 bridgehead atoms. The molecule has 102 valence electrons. The SMILES string of the molecule is O=C(CN1Cc2ccccc2C1)c1cc(F)ccc1F. The second-order valence-corrected chi connectivity index (χ2v) is 4.96. The zero-order valence-electron chi connectivity index (χ0n) is 10.8. The summed E-state index contributed by atoms with van der Waals surface area (Å²) >= 11 is 0. The van der Waals surface area contributed by atoms with Crippen LogP contribution in [0.4, 0.5) is 8.78 Å². The van der Waals surface area contributed by atoms with Crippen LogP contribution in [0.1, 0.15) is 21.5 Å². The number of fused-ring (bicyclic) bond motifs is 1. The van der Waals surface area contributed by atoms with Crippen LogP contribution in [0, 0.1) is 11.6 Å². The number of hydrogen-bond acceptors (Lipinski definition) is 2. The van der Waals surface area contributed by atoms with Crippen LogP contribution < -0.4 is 0 Å². The Balaban J connectivity index is 1.74. The molecule has 0 N–H and O–H groups in total. The first-order valence-electron chi connectivity index (χ1n) is 6.41. The lowest BCUT2D eigenvalue weighted by atomic mass is 10.1. The number of halogens is 2. The van der Waals surface area contributed by atoms with Crippen LogP contribution in [0.5, 0.6) is 0 Å². The average molecular weight is 273 g/mol. The van der Waals surface area contributed by atoms with E-state index in [4.69, 9.17) is 0 Å². The van der Waals surface area contributed by atoms with E-state index >= 15 is 0 Å². The van der Waals surface area contributed by atoms with Gasteiger partial charge in [0.15, 0.2) is 5.78 Å². The molecular formula is C16H13F2NO. The smallest absolute Gasteiger partial charge is 0.179 e. The van der Waals surface area contributed by atoms with Gasteiger partial charge in [-0.05, 0) is 29.3 Å². The molecule has 0 spiro atoms. The molecule has 4 heteroatoms. The number of carbonyl (C=O) groups is 1. The van der Waals surface area contributed by atoms with Crippen LogP contribution in [-0.2, 0) is 13.1 Å². The number of nitrogens with zero attached hydrogens (tertiary/aromatic N) is 1. The lowest BCUT2D eigenvalue weighted by molar-refractivity contribution is 0.0925. The number of Topliss-reactive ketones (excluding diaryl/α,β-unsaturated/α-hetero) is 1. The first-order valence-corrected chi connectivity index (χ1v) is 6.41. The molecule has 0 amide bonds. The van der Waals surface area contributed by atoms with Crippen molar-refractivity contribution in [3.63, 3.8) is 0 Å². The summed E-state index contributed by atoms with van der Waals surface area (Å²) in [5, 5.41) is 0. The van der Waals surface area contributed by atoms with E-state index in [1.54, 1.807) is 0 Å². The van der Waals surface area contributed by atoms with Crippen LogP contribution in [0.25, 0.3) is 0 Å². The highest BCUT2D eigenvalue weighted by molar-refractivity contribution is 5.97. The van der Waals surface area contributed by atoms with E-state index in [9.17, 15) is 13.6 Å². The summed E-state index contributed by atoms with van der Waals surface area (Å²) in [6, 6.07) is 10.9. The second kappa shape index (κ2) is 5.13. The summed E-state index contributed by atoms with van der Waals surface area (Å²) in [5.41, 5.74) is 2.18. The maximum atomic E-state index is 13.6. The van der Waals surface area contributed by atoms with E-state index in [0.29, 0.717) is 13.1 Å². The third kappa shape index (κ3) is 2.47. The van der Waals surface area contributed by atoms with Crippen LogP contribution in [0.2, 0.25) is 0 Å². The molecule has 1 aliphatic rings. The largest absolute Gasteiger partial charge is 0.293 e. The number of rotatable bonds is 3. The number of hydrogen-bond donors (Lipinski definition) is 0. The molecule has 0 aliphatic carbocycles. The molecule has 2 aromatic carbocycles. The minimum absolute atomic E-state index is 0.0923. The van der Waals surface area contributed by atoms with E-state index in [0.717, 1.165) is 18.2 Å². The van der Waals surface area contributed by atoms with E-state index in [2.05, 4.69) is 0 Å². The summed E-state index contributed by atoms with van der Waals surface area (Å²) in [6.07, 6.45) is 0. The fraction of sp³-hybridized carbons (Fsp3) is 0.188. The summed E-state index contributed by atoms with van der Waals surface area (Å²) in [5.74, 6) is -1.66. The molecule has 1 aliphatic heterocycles. The number of benzene rings is 2. The Hall–Kier alpha value is -2.07. The molecule has 0 saturated carbocycles. The Labute approximate surface area is 115 Å². The third-order valence-corrected chi connectivity index (χ3v) is 3.50. The second-order valence-electron chi connectivity index (χ2n) is 4.96. The molecule has 2 aromatic rings. The molecule has 2 nitrogen and oxygen atoms in total. The molecule has 0 aromatic heterocycles. The quantitative estimate of drug-likeness (QED) is 0.801. The van der Waals surface area contributed by atoms with Gasteiger partial charge in [-0.25, -0.2) is 8.78 Å². The monoisotopic (exact) mass is 273 g/mol. The highest BCUT2D eigenvalue weighted by atomic mass is 19.1. The summed E-state index contributed by atoms with van der Waals surface area (Å²) < 4.78 is 26.7. The van der Waals surface area contributed by atoms with E-state index < -0.39 is 17.4 Å². The van der Waals surface area contributed by atoms with Crippen molar-refractivity contribution in [2.24, 2.45) is 0 Å². The number of ketones is 1. The predicted octanol–water partition coefficient (Wildman–Crippen LogP) is 3.16. The van der Waals surface area contributed by atoms with E-state index in [1.807, 2.05) is 29.2 Å². The van der Waals surface area contributed by atoms with Crippen molar-refractivity contribution in [1.82, 2.24) is 4.90 Å². The number of carbonyl (C=O) groups excluding carboxylic acids is 1. The predicted molar refractivity (Wildman–Crippen MR) is 71.2 cm³/mol. The maximum absolute atomic E-state index is 13.6. The molecule has 20 heavy (non-hydrogen) atoms. The Morgan fingerprint density at radius 1 is 1.05 bits per heavy atom. The van der Waals surface area contributed by atoms with Crippen molar-refractivity contribution >= 4 is 5.78 Å². The molecule has 0 radical (unpaired) electrons. The molecule has 3 rings (SSSR count). The summed E-state index contributed by atoms with van der Waals surface area (Å²) in [4.78, 5) is 14.0. The first-order chi connectivity index (χ1) is 9.63. The van der Waals surface area contributed by atoms with E-state index in [-0.39, 0.29) is 12.1 Å². The van der Waals surface area contributed by atoms with Gasteiger partial charge in [0.1, 0.15) is 11.6 Å².